The van der Waals surface area contributed by atoms with E-state index in [0.29, 0.717) is 5.69 Å². The second-order valence-electron chi connectivity index (χ2n) is 6.65. The Morgan fingerprint density at radius 1 is 1.21 bits per heavy atom. The van der Waals surface area contributed by atoms with Crippen molar-refractivity contribution < 1.29 is 17.9 Å². The van der Waals surface area contributed by atoms with Crippen molar-refractivity contribution in [2.24, 2.45) is 0 Å². The van der Waals surface area contributed by atoms with E-state index in [9.17, 15) is 13.2 Å². The number of carbonyl (C=O) groups is 1. The highest BCUT2D eigenvalue weighted by Gasteiger charge is 2.30. The standard InChI is InChI=1S/C20H23N3O4S/c1-14-11-16(9-10-17(14)22-28(3,25)26)19-12-18(15-7-5-4-6-8-15)21-23(19)20(24)13-27-2/h4-12,19,21-22H,13H2,1-3H3. The molecular formula is C20H23N3O4S. The van der Waals surface area contributed by atoms with Crippen molar-refractivity contribution in [3.05, 3.63) is 71.3 Å². The van der Waals surface area contributed by atoms with E-state index in [1.54, 1.807) is 6.07 Å². The highest BCUT2D eigenvalue weighted by Crippen LogP contribution is 2.33. The summed E-state index contributed by atoms with van der Waals surface area (Å²) in [6.45, 7) is 1.77. The lowest BCUT2D eigenvalue weighted by Gasteiger charge is -2.25. The Balaban J connectivity index is 1.96. The molecule has 1 atom stereocenters. The van der Waals surface area contributed by atoms with Crippen LogP contribution in [0.5, 0.6) is 0 Å². The lowest BCUT2D eigenvalue weighted by molar-refractivity contribution is -0.138. The first-order chi connectivity index (χ1) is 13.3. The smallest absolute Gasteiger partial charge is 0.267 e. The van der Waals surface area contributed by atoms with Gasteiger partial charge in [0.05, 0.1) is 23.7 Å². The summed E-state index contributed by atoms with van der Waals surface area (Å²) in [5.41, 5.74) is 7.10. The molecule has 0 radical (unpaired) electrons. The number of nitrogens with zero attached hydrogens (tertiary/aromatic N) is 1. The molecule has 1 amide bonds. The number of hydrogen-bond acceptors (Lipinski definition) is 5. The van der Waals surface area contributed by atoms with Gasteiger partial charge >= 0.3 is 0 Å². The van der Waals surface area contributed by atoms with Crippen LogP contribution >= 0.6 is 0 Å². The lowest BCUT2D eigenvalue weighted by Crippen LogP contribution is -2.41. The molecule has 7 nitrogen and oxygen atoms in total. The average Bonchev–Trinajstić information content (AvgIpc) is 3.09. The van der Waals surface area contributed by atoms with Gasteiger partial charge in [-0.3, -0.25) is 14.9 Å². The molecule has 1 aliphatic heterocycles. The third-order valence-corrected chi connectivity index (χ3v) is 4.94. The first kappa shape index (κ1) is 19.9. The number of carbonyl (C=O) groups excluding carboxylic acids is 1. The Kier molecular flexibility index (Phi) is 5.71. The third kappa shape index (κ3) is 4.52. The predicted octanol–water partition coefficient (Wildman–Crippen LogP) is 2.44. The van der Waals surface area contributed by atoms with Gasteiger partial charge in [-0.05, 0) is 35.8 Å². The summed E-state index contributed by atoms with van der Waals surface area (Å²) in [7, 11) is -1.89. The van der Waals surface area contributed by atoms with Crippen molar-refractivity contribution in [3.8, 4) is 0 Å². The maximum atomic E-state index is 12.6. The number of hydrogen-bond donors (Lipinski definition) is 2. The molecule has 0 saturated carbocycles. The molecule has 0 aromatic heterocycles. The normalized spacial score (nSPS) is 16.5. The Hall–Kier alpha value is -2.84. The van der Waals surface area contributed by atoms with Crippen molar-refractivity contribution in [1.29, 1.82) is 0 Å². The highest BCUT2D eigenvalue weighted by molar-refractivity contribution is 7.92. The Labute approximate surface area is 165 Å². The number of rotatable bonds is 6. The lowest BCUT2D eigenvalue weighted by atomic mass is 10.0. The minimum atomic E-state index is -3.36. The molecule has 2 N–H and O–H groups in total. The number of benzene rings is 2. The minimum Gasteiger partial charge on any atom is -0.375 e. The van der Waals surface area contributed by atoms with Crippen molar-refractivity contribution in [1.82, 2.24) is 10.4 Å². The number of aryl methyl sites for hydroxylation is 1. The zero-order valence-corrected chi connectivity index (χ0v) is 16.8. The first-order valence-corrected chi connectivity index (χ1v) is 10.6. The van der Waals surface area contributed by atoms with E-state index in [-0.39, 0.29) is 18.6 Å². The molecule has 1 heterocycles. The van der Waals surface area contributed by atoms with Crippen molar-refractivity contribution in [3.63, 3.8) is 0 Å². The Morgan fingerprint density at radius 2 is 1.93 bits per heavy atom. The van der Waals surface area contributed by atoms with Crippen molar-refractivity contribution >= 4 is 27.3 Å². The van der Waals surface area contributed by atoms with Gasteiger partial charge in [-0.2, -0.15) is 0 Å². The number of nitrogens with one attached hydrogen (secondary N) is 2. The topological polar surface area (TPSA) is 87.7 Å². The maximum Gasteiger partial charge on any atom is 0.267 e. The fourth-order valence-electron chi connectivity index (χ4n) is 3.09. The van der Waals surface area contributed by atoms with E-state index in [1.807, 2.05) is 55.5 Å². The van der Waals surface area contributed by atoms with Gasteiger partial charge in [0, 0.05) is 7.11 Å². The first-order valence-electron chi connectivity index (χ1n) is 8.72. The Bertz CT molecular complexity index is 1000. The molecular weight excluding hydrogens is 378 g/mol. The fraction of sp³-hybridized carbons (Fsp3) is 0.250. The maximum absolute atomic E-state index is 12.6. The molecule has 2 aromatic carbocycles. The molecule has 1 aliphatic rings. The second-order valence-corrected chi connectivity index (χ2v) is 8.40. The average molecular weight is 401 g/mol. The molecule has 0 saturated heterocycles. The quantitative estimate of drug-likeness (QED) is 0.776. The van der Waals surface area contributed by atoms with Gasteiger partial charge in [-0.25, -0.2) is 13.4 Å². The number of hydrazine groups is 1. The van der Waals surface area contributed by atoms with Crippen LogP contribution in [0.25, 0.3) is 5.70 Å². The summed E-state index contributed by atoms with van der Waals surface area (Å²) in [5.74, 6) is -0.203. The summed E-state index contributed by atoms with van der Waals surface area (Å²) in [6, 6.07) is 14.8. The molecule has 148 valence electrons. The van der Waals surface area contributed by atoms with E-state index in [4.69, 9.17) is 4.74 Å². The van der Waals surface area contributed by atoms with Crippen LogP contribution < -0.4 is 10.1 Å². The Morgan fingerprint density at radius 3 is 2.54 bits per heavy atom. The SMILES string of the molecule is COCC(=O)N1NC(c2ccccc2)=CC1c1ccc(NS(C)(=O)=O)c(C)c1. The fourth-order valence-corrected chi connectivity index (χ4v) is 3.72. The summed E-state index contributed by atoms with van der Waals surface area (Å²) in [5, 5.41) is 1.53. The molecule has 0 fully saturated rings. The molecule has 8 heteroatoms. The third-order valence-electron chi connectivity index (χ3n) is 4.35. The van der Waals surface area contributed by atoms with Crippen LogP contribution in [-0.4, -0.2) is 39.3 Å². The van der Waals surface area contributed by atoms with Crippen LogP contribution in [0.1, 0.15) is 22.7 Å². The van der Waals surface area contributed by atoms with E-state index in [1.165, 1.54) is 12.1 Å². The number of methoxy groups -OCH3 is 1. The van der Waals surface area contributed by atoms with Crippen molar-refractivity contribution in [2.45, 2.75) is 13.0 Å². The van der Waals surface area contributed by atoms with E-state index < -0.39 is 10.0 Å². The summed E-state index contributed by atoms with van der Waals surface area (Å²) >= 11 is 0. The largest absolute Gasteiger partial charge is 0.375 e. The number of sulfonamides is 1. The van der Waals surface area contributed by atoms with Gasteiger partial charge in [0.2, 0.25) is 10.0 Å². The summed E-state index contributed by atoms with van der Waals surface area (Å²) in [6.07, 6.45) is 3.09. The summed E-state index contributed by atoms with van der Waals surface area (Å²) < 4.78 is 30.5. The van der Waals surface area contributed by atoms with Gasteiger partial charge in [0.15, 0.2) is 0 Å². The van der Waals surface area contributed by atoms with Crippen molar-refractivity contribution in [2.75, 3.05) is 24.7 Å². The number of ether oxygens (including phenoxy) is 1. The van der Waals surface area contributed by atoms with E-state index in [2.05, 4.69) is 10.1 Å². The minimum absolute atomic E-state index is 0.0495. The zero-order valence-electron chi connectivity index (χ0n) is 16.0. The molecule has 1 unspecified atom stereocenters. The van der Waals surface area contributed by atoms with Gasteiger partial charge < -0.3 is 4.74 Å². The van der Waals surface area contributed by atoms with E-state index in [0.717, 1.165) is 28.6 Å². The molecule has 0 bridgehead atoms. The van der Waals surface area contributed by atoms with Gasteiger partial charge in [-0.15, -0.1) is 0 Å². The second kappa shape index (κ2) is 8.04. The van der Waals surface area contributed by atoms with Crippen LogP contribution in [-0.2, 0) is 19.6 Å². The summed E-state index contributed by atoms with van der Waals surface area (Å²) in [4.78, 5) is 12.6. The molecule has 3 rings (SSSR count). The van der Waals surface area contributed by atoms with Crippen LogP contribution in [0.2, 0.25) is 0 Å². The van der Waals surface area contributed by atoms with E-state index >= 15 is 0 Å². The zero-order chi connectivity index (χ0) is 20.3. The van der Waals surface area contributed by atoms with Crippen LogP contribution in [0, 0.1) is 6.92 Å². The number of anilines is 1. The van der Waals surface area contributed by atoms with Crippen LogP contribution in [0.3, 0.4) is 0 Å². The highest BCUT2D eigenvalue weighted by atomic mass is 32.2. The van der Waals surface area contributed by atoms with Crippen LogP contribution in [0.4, 0.5) is 5.69 Å². The molecule has 28 heavy (non-hydrogen) atoms. The monoisotopic (exact) mass is 401 g/mol. The molecule has 2 aromatic rings. The van der Waals surface area contributed by atoms with Gasteiger partial charge in [-0.1, -0.05) is 42.5 Å². The molecule has 0 aliphatic carbocycles. The van der Waals surface area contributed by atoms with Gasteiger partial charge in [0.25, 0.3) is 5.91 Å². The number of amides is 1. The van der Waals surface area contributed by atoms with Gasteiger partial charge in [0.1, 0.15) is 6.61 Å². The molecule has 0 spiro atoms. The predicted molar refractivity (Wildman–Crippen MR) is 109 cm³/mol. The van der Waals surface area contributed by atoms with Crippen LogP contribution in [0.15, 0.2) is 54.6 Å².